The van der Waals surface area contributed by atoms with Crippen molar-refractivity contribution in [2.45, 2.75) is 33.1 Å². The summed E-state index contributed by atoms with van der Waals surface area (Å²) in [5.74, 6) is 0. The minimum absolute atomic E-state index is 1.09. The zero-order valence-corrected chi connectivity index (χ0v) is 11.2. The van der Waals surface area contributed by atoms with Gasteiger partial charge in [0.25, 0.3) is 0 Å². The molecule has 16 heavy (non-hydrogen) atoms. The van der Waals surface area contributed by atoms with Gasteiger partial charge in [0.2, 0.25) is 0 Å². The van der Waals surface area contributed by atoms with Crippen LogP contribution in [0.4, 0.5) is 0 Å². The van der Waals surface area contributed by atoms with E-state index in [1.54, 1.807) is 0 Å². The van der Waals surface area contributed by atoms with E-state index in [0.717, 1.165) is 13.1 Å². The van der Waals surface area contributed by atoms with Crippen molar-refractivity contribution in [1.29, 1.82) is 0 Å². The summed E-state index contributed by atoms with van der Waals surface area (Å²) in [6.07, 6.45) is 4.16. The molecule has 0 aromatic rings. The minimum Gasteiger partial charge on any atom is -0.316 e. The largest absolute Gasteiger partial charge is 0.316 e. The molecule has 1 rings (SSSR count). The van der Waals surface area contributed by atoms with E-state index in [2.05, 4.69) is 29.0 Å². The summed E-state index contributed by atoms with van der Waals surface area (Å²) in [7, 11) is 0. The highest BCUT2D eigenvalue weighted by molar-refractivity contribution is 4.67. The molecule has 0 aromatic heterocycles. The van der Waals surface area contributed by atoms with Gasteiger partial charge in [0.05, 0.1) is 0 Å². The first-order valence-corrected chi connectivity index (χ1v) is 7.02. The highest BCUT2D eigenvalue weighted by Crippen LogP contribution is 2.07. The normalized spacial score (nSPS) is 17.4. The maximum Gasteiger partial charge on any atom is 0.0107 e. The second-order valence-electron chi connectivity index (χ2n) is 4.69. The average Bonchev–Trinajstić information content (AvgIpc) is 2.80. The Bertz CT molecular complexity index is 155. The van der Waals surface area contributed by atoms with Crippen molar-refractivity contribution in [2.24, 2.45) is 0 Å². The van der Waals surface area contributed by atoms with Gasteiger partial charge in [-0.25, -0.2) is 0 Å². The standard InChI is InChI=1S/C13H29N3/c1-3-14-8-13-15(4-2)11-7-12-16-9-5-6-10-16/h14H,3-13H2,1-2H3. The van der Waals surface area contributed by atoms with Crippen LogP contribution in [-0.4, -0.2) is 62.2 Å². The number of likely N-dealkylation sites (N-methyl/N-ethyl adjacent to an activating group) is 2. The van der Waals surface area contributed by atoms with Gasteiger partial charge >= 0.3 is 0 Å². The van der Waals surface area contributed by atoms with Gasteiger partial charge in [-0.3, -0.25) is 0 Å². The molecule has 0 amide bonds. The number of nitrogens with one attached hydrogen (secondary N) is 1. The molecule has 0 aromatic carbocycles. The van der Waals surface area contributed by atoms with E-state index in [9.17, 15) is 0 Å². The topological polar surface area (TPSA) is 18.5 Å². The predicted octanol–water partition coefficient (Wildman–Crippen LogP) is 1.40. The molecule has 1 N–H and O–H groups in total. The van der Waals surface area contributed by atoms with Gasteiger partial charge in [-0.2, -0.15) is 0 Å². The number of rotatable bonds is 9. The Morgan fingerprint density at radius 2 is 1.88 bits per heavy atom. The maximum atomic E-state index is 3.39. The molecule has 0 saturated carbocycles. The van der Waals surface area contributed by atoms with E-state index in [1.807, 2.05) is 0 Å². The average molecular weight is 227 g/mol. The monoisotopic (exact) mass is 227 g/mol. The van der Waals surface area contributed by atoms with E-state index < -0.39 is 0 Å². The Kier molecular flexibility index (Phi) is 7.81. The molecule has 1 saturated heterocycles. The van der Waals surface area contributed by atoms with Crippen LogP contribution in [0.3, 0.4) is 0 Å². The van der Waals surface area contributed by atoms with Crippen molar-refractivity contribution in [1.82, 2.24) is 15.1 Å². The Labute approximate surface area is 101 Å². The van der Waals surface area contributed by atoms with E-state index in [0.29, 0.717) is 0 Å². The van der Waals surface area contributed by atoms with Gasteiger partial charge in [0, 0.05) is 13.1 Å². The van der Waals surface area contributed by atoms with Crippen LogP contribution < -0.4 is 5.32 Å². The maximum absolute atomic E-state index is 3.39. The molecule has 1 aliphatic rings. The molecule has 1 heterocycles. The Hall–Kier alpha value is -0.120. The molecule has 1 fully saturated rings. The molecule has 0 radical (unpaired) electrons. The summed E-state index contributed by atoms with van der Waals surface area (Å²) >= 11 is 0. The van der Waals surface area contributed by atoms with Gasteiger partial charge < -0.3 is 15.1 Å². The van der Waals surface area contributed by atoms with Crippen LogP contribution in [-0.2, 0) is 0 Å². The third-order valence-corrected chi connectivity index (χ3v) is 3.45. The zero-order valence-electron chi connectivity index (χ0n) is 11.2. The molecular weight excluding hydrogens is 198 g/mol. The Morgan fingerprint density at radius 3 is 2.50 bits per heavy atom. The molecule has 0 unspecified atom stereocenters. The van der Waals surface area contributed by atoms with Crippen LogP contribution in [0.15, 0.2) is 0 Å². The highest BCUT2D eigenvalue weighted by Gasteiger charge is 2.11. The van der Waals surface area contributed by atoms with Gasteiger partial charge in [-0.1, -0.05) is 13.8 Å². The van der Waals surface area contributed by atoms with Crippen molar-refractivity contribution in [3.8, 4) is 0 Å². The second kappa shape index (κ2) is 8.97. The summed E-state index contributed by atoms with van der Waals surface area (Å²) in [5.41, 5.74) is 0. The Morgan fingerprint density at radius 1 is 1.12 bits per heavy atom. The van der Waals surface area contributed by atoms with Crippen molar-refractivity contribution < 1.29 is 0 Å². The minimum atomic E-state index is 1.09. The van der Waals surface area contributed by atoms with Crippen molar-refractivity contribution in [2.75, 3.05) is 52.4 Å². The summed E-state index contributed by atoms with van der Waals surface area (Å²) in [5, 5.41) is 3.39. The van der Waals surface area contributed by atoms with Crippen LogP contribution >= 0.6 is 0 Å². The number of likely N-dealkylation sites (tertiary alicyclic amines) is 1. The van der Waals surface area contributed by atoms with E-state index in [-0.39, 0.29) is 0 Å². The lowest BCUT2D eigenvalue weighted by atomic mass is 10.3. The fourth-order valence-electron chi connectivity index (χ4n) is 2.37. The molecule has 0 aliphatic carbocycles. The Balaban J connectivity index is 1.99. The predicted molar refractivity (Wildman–Crippen MR) is 70.9 cm³/mol. The lowest BCUT2D eigenvalue weighted by Crippen LogP contribution is -2.34. The fraction of sp³-hybridized carbons (Fsp3) is 1.00. The highest BCUT2D eigenvalue weighted by atomic mass is 15.2. The number of nitrogens with zero attached hydrogens (tertiary/aromatic N) is 2. The molecule has 0 spiro atoms. The van der Waals surface area contributed by atoms with E-state index >= 15 is 0 Å². The second-order valence-corrected chi connectivity index (χ2v) is 4.69. The van der Waals surface area contributed by atoms with Gasteiger partial charge in [0.1, 0.15) is 0 Å². The molecular formula is C13H29N3. The zero-order chi connectivity index (χ0) is 11.6. The van der Waals surface area contributed by atoms with Gasteiger partial charge in [0.15, 0.2) is 0 Å². The molecule has 3 nitrogen and oxygen atoms in total. The first-order chi connectivity index (χ1) is 7.86. The van der Waals surface area contributed by atoms with Crippen molar-refractivity contribution >= 4 is 0 Å². The van der Waals surface area contributed by atoms with Gasteiger partial charge in [-0.05, 0) is 58.5 Å². The molecule has 0 bridgehead atoms. The third kappa shape index (κ3) is 5.83. The first-order valence-electron chi connectivity index (χ1n) is 7.02. The molecule has 96 valence electrons. The van der Waals surface area contributed by atoms with Crippen LogP contribution in [0.2, 0.25) is 0 Å². The van der Waals surface area contributed by atoms with Crippen LogP contribution in [0.5, 0.6) is 0 Å². The van der Waals surface area contributed by atoms with Crippen molar-refractivity contribution in [3.05, 3.63) is 0 Å². The molecule has 3 heteroatoms. The molecule has 0 atom stereocenters. The summed E-state index contributed by atoms with van der Waals surface area (Å²) in [6, 6.07) is 0. The number of hydrogen-bond acceptors (Lipinski definition) is 3. The van der Waals surface area contributed by atoms with Gasteiger partial charge in [-0.15, -0.1) is 0 Å². The first kappa shape index (κ1) is 13.9. The van der Waals surface area contributed by atoms with Crippen LogP contribution in [0, 0.1) is 0 Å². The third-order valence-electron chi connectivity index (χ3n) is 3.45. The van der Waals surface area contributed by atoms with Crippen LogP contribution in [0.25, 0.3) is 0 Å². The summed E-state index contributed by atoms with van der Waals surface area (Å²) in [6.45, 7) is 14.3. The summed E-state index contributed by atoms with van der Waals surface area (Å²) in [4.78, 5) is 5.16. The summed E-state index contributed by atoms with van der Waals surface area (Å²) < 4.78 is 0. The van der Waals surface area contributed by atoms with Crippen LogP contribution in [0.1, 0.15) is 33.1 Å². The smallest absolute Gasteiger partial charge is 0.0107 e. The molecule has 1 aliphatic heterocycles. The SMILES string of the molecule is CCNCCN(CC)CCCN1CCCC1. The lowest BCUT2D eigenvalue weighted by Gasteiger charge is -2.22. The quantitative estimate of drug-likeness (QED) is 0.601. The van der Waals surface area contributed by atoms with E-state index in [1.165, 1.54) is 58.5 Å². The number of hydrogen-bond donors (Lipinski definition) is 1. The fourth-order valence-corrected chi connectivity index (χ4v) is 2.37. The van der Waals surface area contributed by atoms with Crippen molar-refractivity contribution in [3.63, 3.8) is 0 Å². The lowest BCUT2D eigenvalue weighted by molar-refractivity contribution is 0.254. The van der Waals surface area contributed by atoms with E-state index in [4.69, 9.17) is 0 Å².